The quantitative estimate of drug-likeness (QED) is 0.198. The van der Waals surface area contributed by atoms with Crippen LogP contribution in [0.4, 0.5) is 34.9 Å². The molecule has 0 atom stereocenters. The van der Waals surface area contributed by atoms with Gasteiger partial charge < -0.3 is 21.7 Å². The van der Waals surface area contributed by atoms with Crippen molar-refractivity contribution in [2.24, 2.45) is 0 Å². The van der Waals surface area contributed by atoms with Crippen molar-refractivity contribution in [1.82, 2.24) is 34.5 Å². The predicted molar refractivity (Wildman–Crippen MR) is 152 cm³/mol. The van der Waals surface area contributed by atoms with E-state index in [1.165, 1.54) is 0 Å². The fourth-order valence-electron chi connectivity index (χ4n) is 3.88. The van der Waals surface area contributed by atoms with Crippen LogP contribution in [0.1, 0.15) is 5.56 Å². The van der Waals surface area contributed by atoms with Gasteiger partial charge in [-0.2, -0.15) is 25.1 Å². The van der Waals surface area contributed by atoms with Crippen LogP contribution >= 0.6 is 0 Å². The molecule has 0 amide bonds. The zero-order valence-electron chi connectivity index (χ0n) is 20.8. The highest BCUT2D eigenvalue weighted by Gasteiger charge is 2.09. The summed E-state index contributed by atoms with van der Waals surface area (Å²) in [5.74, 6) is 1.22. The van der Waals surface area contributed by atoms with Crippen molar-refractivity contribution >= 4 is 34.9 Å². The van der Waals surface area contributed by atoms with Gasteiger partial charge in [-0.15, -0.1) is 0 Å². The lowest BCUT2D eigenvalue weighted by Crippen LogP contribution is -2.10. The molecule has 0 aliphatic carbocycles. The summed E-state index contributed by atoms with van der Waals surface area (Å²) in [6.07, 6.45) is 7.28. The van der Waals surface area contributed by atoms with E-state index in [4.69, 9.17) is 5.73 Å². The lowest BCUT2D eigenvalue weighted by atomic mass is 10.2. The smallest absolute Gasteiger partial charge is 0.233 e. The van der Waals surface area contributed by atoms with Gasteiger partial charge in [-0.3, -0.25) is 0 Å². The zero-order chi connectivity index (χ0) is 26.4. The van der Waals surface area contributed by atoms with Gasteiger partial charge in [0.15, 0.2) is 0 Å². The van der Waals surface area contributed by atoms with Crippen LogP contribution in [0.2, 0.25) is 0 Å². The molecule has 0 saturated heterocycles. The minimum Gasteiger partial charge on any atom is -0.399 e. The molecule has 3 aromatic carbocycles. The number of rotatable bonds is 9. The number of nitrogens with one attached hydrogen (secondary N) is 3. The maximum absolute atomic E-state index is 5.81. The molecule has 0 aliphatic heterocycles. The molecular formula is C28H25N11. The van der Waals surface area contributed by atoms with Crippen molar-refractivity contribution < 1.29 is 0 Å². The molecule has 0 radical (unpaired) electrons. The Balaban J connectivity index is 1.23. The van der Waals surface area contributed by atoms with E-state index in [1.54, 1.807) is 21.8 Å². The lowest BCUT2D eigenvalue weighted by Gasteiger charge is -2.12. The van der Waals surface area contributed by atoms with Gasteiger partial charge in [0.05, 0.1) is 11.4 Å². The molecule has 0 saturated carbocycles. The van der Waals surface area contributed by atoms with Gasteiger partial charge in [0, 0.05) is 48.4 Å². The Morgan fingerprint density at radius 2 is 1.08 bits per heavy atom. The average Bonchev–Trinajstić information content (AvgIpc) is 3.69. The van der Waals surface area contributed by atoms with Gasteiger partial charge in [-0.25, -0.2) is 9.36 Å². The highest BCUT2D eigenvalue weighted by atomic mass is 15.3. The van der Waals surface area contributed by atoms with Crippen LogP contribution in [0.3, 0.4) is 0 Å². The van der Waals surface area contributed by atoms with Crippen molar-refractivity contribution in [2.45, 2.75) is 6.54 Å². The molecule has 0 fully saturated rings. The molecule has 11 heteroatoms. The Morgan fingerprint density at radius 1 is 0.590 bits per heavy atom. The van der Waals surface area contributed by atoms with Crippen molar-refractivity contribution in [2.75, 3.05) is 21.7 Å². The summed E-state index contributed by atoms with van der Waals surface area (Å²) in [5.41, 5.74) is 11.1. The number of benzene rings is 3. The monoisotopic (exact) mass is 515 g/mol. The summed E-state index contributed by atoms with van der Waals surface area (Å²) in [6, 6.07) is 27.1. The molecule has 11 nitrogen and oxygen atoms in total. The van der Waals surface area contributed by atoms with E-state index in [0.29, 0.717) is 30.1 Å². The topological polar surface area (TPSA) is 136 Å². The number of hydrogen-bond acceptors (Lipinski definition) is 9. The molecule has 0 unspecified atom stereocenters. The van der Waals surface area contributed by atoms with E-state index >= 15 is 0 Å². The molecule has 0 aliphatic rings. The van der Waals surface area contributed by atoms with Gasteiger partial charge in [-0.1, -0.05) is 12.1 Å². The van der Waals surface area contributed by atoms with Crippen LogP contribution in [-0.2, 0) is 6.54 Å². The highest BCUT2D eigenvalue weighted by molar-refractivity contribution is 5.61. The van der Waals surface area contributed by atoms with E-state index in [1.807, 2.05) is 97.3 Å². The SMILES string of the molecule is Nc1ccc(CNc2nc(Nc3ccc(-n4cccn4)cc3)nc(Nc3ccc(-n4cccn4)cc3)n2)cc1. The van der Waals surface area contributed by atoms with Crippen LogP contribution in [0, 0.1) is 0 Å². The zero-order valence-corrected chi connectivity index (χ0v) is 20.8. The van der Waals surface area contributed by atoms with Crippen LogP contribution in [0.15, 0.2) is 110 Å². The second-order valence-corrected chi connectivity index (χ2v) is 8.65. The van der Waals surface area contributed by atoms with Crippen molar-refractivity contribution in [3.05, 3.63) is 115 Å². The van der Waals surface area contributed by atoms with Crippen LogP contribution in [0.5, 0.6) is 0 Å². The summed E-state index contributed by atoms with van der Waals surface area (Å²) >= 11 is 0. The summed E-state index contributed by atoms with van der Waals surface area (Å²) in [5, 5.41) is 18.4. The summed E-state index contributed by atoms with van der Waals surface area (Å²) in [4.78, 5) is 13.8. The van der Waals surface area contributed by atoms with E-state index < -0.39 is 0 Å². The number of nitrogens with zero attached hydrogens (tertiary/aromatic N) is 7. The molecule has 6 aromatic rings. The Morgan fingerprint density at radius 3 is 1.54 bits per heavy atom. The normalized spacial score (nSPS) is 10.8. The first-order valence-electron chi connectivity index (χ1n) is 12.3. The fraction of sp³-hybridized carbons (Fsp3) is 0.0357. The molecular weight excluding hydrogens is 490 g/mol. The highest BCUT2D eigenvalue weighted by Crippen LogP contribution is 2.21. The second kappa shape index (κ2) is 10.7. The average molecular weight is 516 g/mol. The van der Waals surface area contributed by atoms with E-state index in [2.05, 4.69) is 41.1 Å². The van der Waals surface area contributed by atoms with Crippen LogP contribution in [0.25, 0.3) is 11.4 Å². The molecule has 0 spiro atoms. The third-order valence-corrected chi connectivity index (χ3v) is 5.85. The standard InChI is InChI=1S/C28H25N11/c29-21-5-3-20(4-6-21)19-30-26-35-27(33-22-7-11-24(12-8-22)38-17-1-15-31-38)37-28(36-26)34-23-9-13-25(14-10-23)39-18-2-16-32-39/h1-18H,19,29H2,(H3,30,33,34,35,36,37). The summed E-state index contributed by atoms with van der Waals surface area (Å²) < 4.78 is 3.59. The largest absolute Gasteiger partial charge is 0.399 e. The molecule has 3 aromatic heterocycles. The molecule has 3 heterocycles. The maximum Gasteiger partial charge on any atom is 0.233 e. The number of anilines is 6. The number of aromatic nitrogens is 7. The molecule has 39 heavy (non-hydrogen) atoms. The predicted octanol–water partition coefficient (Wildman–Crippen LogP) is 4.92. The molecule has 192 valence electrons. The van der Waals surface area contributed by atoms with Gasteiger partial charge in [0.1, 0.15) is 0 Å². The Bertz CT molecular complexity index is 1530. The van der Waals surface area contributed by atoms with Crippen LogP contribution < -0.4 is 21.7 Å². The second-order valence-electron chi connectivity index (χ2n) is 8.65. The Hall–Kier alpha value is -5.71. The van der Waals surface area contributed by atoms with Gasteiger partial charge in [-0.05, 0) is 78.4 Å². The first kappa shape index (κ1) is 23.7. The van der Waals surface area contributed by atoms with Crippen LogP contribution in [-0.4, -0.2) is 34.5 Å². The van der Waals surface area contributed by atoms with E-state index in [0.717, 1.165) is 28.3 Å². The minimum atomic E-state index is 0.396. The van der Waals surface area contributed by atoms with Gasteiger partial charge in [0.25, 0.3) is 0 Å². The Kier molecular flexibility index (Phi) is 6.51. The van der Waals surface area contributed by atoms with Crippen molar-refractivity contribution in [3.63, 3.8) is 0 Å². The molecule has 5 N–H and O–H groups in total. The lowest BCUT2D eigenvalue weighted by molar-refractivity contribution is 0.880. The molecule has 6 rings (SSSR count). The van der Waals surface area contributed by atoms with Crippen molar-refractivity contribution in [1.29, 1.82) is 0 Å². The number of nitrogens with two attached hydrogens (primary N) is 1. The van der Waals surface area contributed by atoms with E-state index in [-0.39, 0.29) is 0 Å². The minimum absolute atomic E-state index is 0.396. The fourth-order valence-corrected chi connectivity index (χ4v) is 3.88. The summed E-state index contributed by atoms with van der Waals surface area (Å²) in [6.45, 7) is 0.528. The first-order chi connectivity index (χ1) is 19.2. The Labute approximate surface area is 224 Å². The summed E-state index contributed by atoms with van der Waals surface area (Å²) in [7, 11) is 0. The van der Waals surface area contributed by atoms with Crippen molar-refractivity contribution in [3.8, 4) is 11.4 Å². The van der Waals surface area contributed by atoms with E-state index in [9.17, 15) is 0 Å². The van der Waals surface area contributed by atoms with Gasteiger partial charge >= 0.3 is 0 Å². The maximum atomic E-state index is 5.81. The number of hydrogen-bond donors (Lipinski definition) is 4. The third kappa shape index (κ3) is 5.83. The van der Waals surface area contributed by atoms with Gasteiger partial charge in [0.2, 0.25) is 17.8 Å². The number of nitrogen functional groups attached to an aromatic ring is 1. The first-order valence-corrected chi connectivity index (χ1v) is 12.3. The third-order valence-electron chi connectivity index (χ3n) is 5.85. The molecule has 0 bridgehead atoms.